The fourth-order valence-corrected chi connectivity index (χ4v) is 4.54. The first-order valence-electron chi connectivity index (χ1n) is 6.72. The van der Waals surface area contributed by atoms with Gasteiger partial charge in [-0.1, -0.05) is 13.0 Å². The molecule has 1 fully saturated rings. The molecule has 7 heteroatoms. The zero-order chi connectivity index (χ0) is 14.8. The maximum atomic E-state index is 12.7. The minimum absolute atomic E-state index is 0. The SMILES string of the molecule is CC1CCCN(S(=O)(=O)c2cccc(C#N)c2)C1CN.Cl. The molecular weight excluding hydrogens is 310 g/mol. The van der Waals surface area contributed by atoms with E-state index in [9.17, 15) is 8.42 Å². The largest absolute Gasteiger partial charge is 0.329 e. The Hall–Kier alpha value is -1.13. The highest BCUT2D eigenvalue weighted by Crippen LogP contribution is 2.28. The molecular formula is C14H20ClN3O2S. The molecule has 1 saturated heterocycles. The van der Waals surface area contributed by atoms with E-state index in [2.05, 4.69) is 0 Å². The van der Waals surface area contributed by atoms with Crippen molar-refractivity contribution in [3.05, 3.63) is 29.8 Å². The number of nitriles is 1. The van der Waals surface area contributed by atoms with E-state index in [1.165, 1.54) is 16.4 Å². The highest BCUT2D eigenvalue weighted by Gasteiger charge is 2.36. The van der Waals surface area contributed by atoms with Crippen molar-refractivity contribution in [2.45, 2.75) is 30.7 Å². The number of benzene rings is 1. The molecule has 1 heterocycles. The smallest absolute Gasteiger partial charge is 0.243 e. The lowest BCUT2D eigenvalue weighted by Crippen LogP contribution is -2.51. The number of sulfonamides is 1. The summed E-state index contributed by atoms with van der Waals surface area (Å²) in [6, 6.07) is 7.94. The molecule has 0 aromatic heterocycles. The summed E-state index contributed by atoms with van der Waals surface area (Å²) in [5, 5.41) is 8.90. The lowest BCUT2D eigenvalue weighted by Gasteiger charge is -2.38. The van der Waals surface area contributed by atoms with Crippen LogP contribution in [-0.2, 0) is 10.0 Å². The summed E-state index contributed by atoms with van der Waals surface area (Å²) in [6.45, 7) is 2.84. The fourth-order valence-electron chi connectivity index (χ4n) is 2.72. The highest BCUT2D eigenvalue weighted by molar-refractivity contribution is 7.89. The van der Waals surface area contributed by atoms with E-state index in [0.717, 1.165) is 12.8 Å². The first-order chi connectivity index (χ1) is 9.50. The van der Waals surface area contributed by atoms with Gasteiger partial charge in [-0.05, 0) is 37.0 Å². The van der Waals surface area contributed by atoms with Gasteiger partial charge in [-0.15, -0.1) is 12.4 Å². The summed E-state index contributed by atoms with van der Waals surface area (Å²) in [6.07, 6.45) is 1.83. The maximum Gasteiger partial charge on any atom is 0.243 e. The molecule has 2 unspecified atom stereocenters. The van der Waals surface area contributed by atoms with E-state index in [1.807, 2.05) is 13.0 Å². The summed E-state index contributed by atoms with van der Waals surface area (Å²) >= 11 is 0. The molecule has 0 saturated carbocycles. The van der Waals surface area contributed by atoms with Crippen LogP contribution in [0.25, 0.3) is 0 Å². The van der Waals surface area contributed by atoms with E-state index < -0.39 is 10.0 Å². The minimum Gasteiger partial charge on any atom is -0.329 e. The van der Waals surface area contributed by atoms with Gasteiger partial charge in [0.2, 0.25) is 10.0 Å². The molecule has 1 aromatic rings. The monoisotopic (exact) mass is 329 g/mol. The van der Waals surface area contributed by atoms with Gasteiger partial charge in [-0.3, -0.25) is 0 Å². The third-order valence-electron chi connectivity index (χ3n) is 3.88. The van der Waals surface area contributed by atoms with Crippen molar-refractivity contribution in [3.8, 4) is 6.07 Å². The molecule has 2 rings (SSSR count). The van der Waals surface area contributed by atoms with Crippen molar-refractivity contribution in [1.82, 2.24) is 4.31 Å². The average molecular weight is 330 g/mol. The summed E-state index contributed by atoms with van der Waals surface area (Å²) in [4.78, 5) is 0.170. The molecule has 21 heavy (non-hydrogen) atoms. The Morgan fingerprint density at radius 2 is 2.19 bits per heavy atom. The van der Waals surface area contributed by atoms with Crippen LogP contribution in [0.1, 0.15) is 25.3 Å². The minimum atomic E-state index is -3.59. The number of piperidine rings is 1. The lowest BCUT2D eigenvalue weighted by atomic mass is 9.93. The van der Waals surface area contributed by atoms with E-state index in [1.54, 1.807) is 12.1 Å². The normalized spacial score (nSPS) is 23.1. The van der Waals surface area contributed by atoms with E-state index in [4.69, 9.17) is 11.0 Å². The van der Waals surface area contributed by atoms with Crippen LogP contribution in [0.15, 0.2) is 29.2 Å². The summed E-state index contributed by atoms with van der Waals surface area (Å²) in [5.74, 6) is 0.252. The third-order valence-corrected chi connectivity index (χ3v) is 5.80. The van der Waals surface area contributed by atoms with E-state index >= 15 is 0 Å². The number of hydrogen-bond donors (Lipinski definition) is 1. The molecule has 2 atom stereocenters. The number of hydrogen-bond acceptors (Lipinski definition) is 4. The zero-order valence-corrected chi connectivity index (χ0v) is 13.5. The second-order valence-corrected chi connectivity index (χ2v) is 7.07. The van der Waals surface area contributed by atoms with Crippen molar-refractivity contribution in [1.29, 1.82) is 5.26 Å². The van der Waals surface area contributed by atoms with Crippen LogP contribution in [0.3, 0.4) is 0 Å². The van der Waals surface area contributed by atoms with Crippen LogP contribution in [0.2, 0.25) is 0 Å². The Labute approximate surface area is 132 Å². The predicted octanol–water partition coefficient (Wildman–Crippen LogP) is 1.73. The molecule has 2 N–H and O–H groups in total. The molecule has 0 bridgehead atoms. The standard InChI is InChI=1S/C14H19N3O2S.ClH/c1-11-4-3-7-17(14(11)10-16)20(18,19)13-6-2-5-12(8-13)9-15;/h2,5-6,8,11,14H,3-4,7,10,16H2,1H3;1H. The summed E-state index contributed by atoms with van der Waals surface area (Å²) in [7, 11) is -3.59. The molecule has 116 valence electrons. The number of rotatable bonds is 3. The van der Waals surface area contributed by atoms with Gasteiger partial charge in [0.1, 0.15) is 0 Å². The first kappa shape index (κ1) is 17.9. The molecule has 5 nitrogen and oxygen atoms in total. The third kappa shape index (κ3) is 3.55. The van der Waals surface area contributed by atoms with Crippen LogP contribution in [0, 0.1) is 17.2 Å². The lowest BCUT2D eigenvalue weighted by molar-refractivity contribution is 0.192. The Morgan fingerprint density at radius 3 is 2.81 bits per heavy atom. The van der Waals surface area contributed by atoms with Gasteiger partial charge in [-0.25, -0.2) is 8.42 Å². The number of halogens is 1. The number of nitrogens with two attached hydrogens (primary N) is 1. The molecule has 0 spiro atoms. The Morgan fingerprint density at radius 1 is 1.48 bits per heavy atom. The van der Waals surface area contributed by atoms with E-state index in [-0.39, 0.29) is 29.3 Å². The topological polar surface area (TPSA) is 87.2 Å². The summed E-state index contributed by atoms with van der Waals surface area (Å²) in [5.41, 5.74) is 6.10. The van der Waals surface area contributed by atoms with Crippen molar-refractivity contribution in [2.75, 3.05) is 13.1 Å². The molecule has 1 aliphatic rings. The second kappa shape index (κ2) is 7.23. The Bertz CT molecular complexity index is 627. The molecule has 0 radical (unpaired) electrons. The van der Waals surface area contributed by atoms with Gasteiger partial charge in [0, 0.05) is 19.1 Å². The molecule has 0 amide bonds. The van der Waals surface area contributed by atoms with Crippen LogP contribution in [0.5, 0.6) is 0 Å². The fraction of sp³-hybridized carbons (Fsp3) is 0.500. The second-order valence-electron chi connectivity index (χ2n) is 5.18. The van der Waals surface area contributed by atoms with E-state index in [0.29, 0.717) is 18.7 Å². The summed E-state index contributed by atoms with van der Waals surface area (Å²) < 4.78 is 27.0. The van der Waals surface area contributed by atoms with Gasteiger partial charge < -0.3 is 5.73 Å². The first-order valence-corrected chi connectivity index (χ1v) is 8.16. The van der Waals surface area contributed by atoms with Gasteiger partial charge in [0.05, 0.1) is 16.5 Å². The van der Waals surface area contributed by atoms with Crippen molar-refractivity contribution >= 4 is 22.4 Å². The quantitative estimate of drug-likeness (QED) is 0.914. The predicted molar refractivity (Wildman–Crippen MR) is 83.5 cm³/mol. The zero-order valence-electron chi connectivity index (χ0n) is 11.9. The average Bonchev–Trinajstić information content (AvgIpc) is 2.47. The van der Waals surface area contributed by atoms with Gasteiger partial charge in [0.15, 0.2) is 0 Å². The van der Waals surface area contributed by atoms with Crippen molar-refractivity contribution in [3.63, 3.8) is 0 Å². The van der Waals surface area contributed by atoms with Crippen LogP contribution >= 0.6 is 12.4 Å². The van der Waals surface area contributed by atoms with Crippen LogP contribution < -0.4 is 5.73 Å². The van der Waals surface area contributed by atoms with Gasteiger partial charge in [-0.2, -0.15) is 9.57 Å². The van der Waals surface area contributed by atoms with Crippen molar-refractivity contribution < 1.29 is 8.42 Å². The van der Waals surface area contributed by atoms with Gasteiger partial charge >= 0.3 is 0 Å². The Balaban J connectivity index is 0.00000220. The van der Waals surface area contributed by atoms with Crippen molar-refractivity contribution in [2.24, 2.45) is 11.7 Å². The Kier molecular flexibility index (Phi) is 6.17. The maximum absolute atomic E-state index is 12.7. The van der Waals surface area contributed by atoms with Crippen LogP contribution in [0.4, 0.5) is 0 Å². The molecule has 1 aromatic carbocycles. The molecule has 1 aliphatic heterocycles. The van der Waals surface area contributed by atoms with Crippen LogP contribution in [-0.4, -0.2) is 31.9 Å². The highest BCUT2D eigenvalue weighted by atomic mass is 35.5. The number of nitrogens with zero attached hydrogens (tertiary/aromatic N) is 2. The van der Waals surface area contributed by atoms with Gasteiger partial charge in [0.25, 0.3) is 0 Å². The molecule has 0 aliphatic carbocycles.